The minimum Gasteiger partial charge on any atom is -0.369 e. The number of aryl methyl sites for hydroxylation is 1. The maximum absolute atomic E-state index is 12.2. The first-order valence-electron chi connectivity index (χ1n) is 7.66. The van der Waals surface area contributed by atoms with E-state index in [1.54, 1.807) is 34.7 Å². The topological polar surface area (TPSA) is 58.1 Å². The Balaban J connectivity index is 1.98. The normalized spacial score (nSPS) is 10.5. The van der Waals surface area contributed by atoms with Gasteiger partial charge in [-0.2, -0.15) is 0 Å². The number of nitrogens with zero attached hydrogens (tertiary/aromatic N) is 3. The van der Waals surface area contributed by atoms with Gasteiger partial charge < -0.3 is 10.2 Å². The highest BCUT2D eigenvalue weighted by molar-refractivity contribution is 7.18. The van der Waals surface area contributed by atoms with E-state index in [0.717, 1.165) is 22.5 Å². The van der Waals surface area contributed by atoms with Crippen LogP contribution in [0.1, 0.15) is 18.2 Å². The average molecular weight is 330 g/mol. The van der Waals surface area contributed by atoms with E-state index < -0.39 is 0 Å². The van der Waals surface area contributed by atoms with Gasteiger partial charge in [0.1, 0.15) is 17.0 Å². The fraction of sp³-hybridized carbons (Fsp3) is 0.353. The number of thiophene rings is 1. The van der Waals surface area contributed by atoms with Crippen molar-refractivity contribution in [3.8, 4) is 0 Å². The predicted octanol–water partition coefficient (Wildman–Crippen LogP) is 3.26. The molecule has 2 aromatic rings. The molecule has 2 aromatic heterocycles. The van der Waals surface area contributed by atoms with Crippen molar-refractivity contribution in [2.75, 3.05) is 25.0 Å². The lowest BCUT2D eigenvalue weighted by Crippen LogP contribution is -2.32. The highest BCUT2D eigenvalue weighted by Crippen LogP contribution is 2.28. The van der Waals surface area contributed by atoms with Gasteiger partial charge in [0.2, 0.25) is 5.91 Å². The van der Waals surface area contributed by atoms with Crippen molar-refractivity contribution in [2.24, 2.45) is 0 Å². The van der Waals surface area contributed by atoms with Crippen LogP contribution in [-0.4, -0.2) is 40.4 Å². The average Bonchev–Trinajstić information content (AvgIpc) is 2.98. The summed E-state index contributed by atoms with van der Waals surface area (Å²) in [5.41, 5.74) is 0. The standard InChI is InChI=1S/C17H22N4OS/c1-4-9-21(10-5-2)15(22)7-8-18-16-14-11-13(6-3)23-17(14)20-12-19-16/h4-5,11-12H,1-2,6-10H2,3H3,(H,18,19,20). The van der Waals surface area contributed by atoms with E-state index in [1.807, 2.05) is 0 Å². The Morgan fingerprint density at radius 2 is 2.09 bits per heavy atom. The monoisotopic (exact) mass is 330 g/mol. The van der Waals surface area contributed by atoms with E-state index in [-0.39, 0.29) is 5.91 Å². The Labute approximate surface area is 140 Å². The van der Waals surface area contributed by atoms with Crippen molar-refractivity contribution in [3.63, 3.8) is 0 Å². The van der Waals surface area contributed by atoms with Crippen LogP contribution in [0.15, 0.2) is 37.7 Å². The van der Waals surface area contributed by atoms with E-state index in [9.17, 15) is 4.79 Å². The molecule has 0 fully saturated rings. The number of rotatable bonds is 9. The summed E-state index contributed by atoms with van der Waals surface area (Å²) in [6, 6.07) is 2.12. The van der Waals surface area contributed by atoms with E-state index >= 15 is 0 Å². The summed E-state index contributed by atoms with van der Waals surface area (Å²) < 4.78 is 0. The molecular formula is C17H22N4OS. The summed E-state index contributed by atoms with van der Waals surface area (Å²) in [4.78, 5) is 24.8. The first-order chi connectivity index (χ1) is 11.2. The van der Waals surface area contributed by atoms with Crippen molar-refractivity contribution in [2.45, 2.75) is 19.8 Å². The van der Waals surface area contributed by atoms with Crippen LogP contribution in [0.25, 0.3) is 10.2 Å². The Bertz CT molecular complexity index is 685. The molecule has 0 radical (unpaired) electrons. The zero-order chi connectivity index (χ0) is 16.7. The number of hydrogen-bond donors (Lipinski definition) is 1. The third-order valence-electron chi connectivity index (χ3n) is 3.41. The van der Waals surface area contributed by atoms with Gasteiger partial charge in [-0.1, -0.05) is 19.1 Å². The molecule has 0 aliphatic rings. The molecule has 122 valence electrons. The van der Waals surface area contributed by atoms with Gasteiger partial charge in [-0.05, 0) is 12.5 Å². The van der Waals surface area contributed by atoms with Gasteiger partial charge in [0.25, 0.3) is 0 Å². The number of amides is 1. The molecule has 0 aromatic carbocycles. The SMILES string of the molecule is C=CCN(CC=C)C(=O)CCNc1ncnc2sc(CC)cc12. The van der Waals surface area contributed by atoms with Crippen LogP contribution in [0.4, 0.5) is 5.82 Å². The number of fused-ring (bicyclic) bond motifs is 1. The molecule has 0 aliphatic heterocycles. The molecular weight excluding hydrogens is 308 g/mol. The lowest BCUT2D eigenvalue weighted by molar-refractivity contribution is -0.129. The Morgan fingerprint density at radius 3 is 2.74 bits per heavy atom. The molecule has 6 heteroatoms. The van der Waals surface area contributed by atoms with Crippen LogP contribution in [0, 0.1) is 0 Å². The number of carbonyl (C=O) groups is 1. The molecule has 0 spiro atoms. The van der Waals surface area contributed by atoms with Crippen LogP contribution in [0.2, 0.25) is 0 Å². The fourth-order valence-electron chi connectivity index (χ4n) is 2.26. The summed E-state index contributed by atoms with van der Waals surface area (Å²) in [6.07, 6.45) is 6.39. The zero-order valence-corrected chi connectivity index (χ0v) is 14.2. The summed E-state index contributed by atoms with van der Waals surface area (Å²) in [7, 11) is 0. The van der Waals surface area contributed by atoms with Gasteiger partial charge in [0.05, 0.1) is 5.39 Å². The van der Waals surface area contributed by atoms with E-state index in [4.69, 9.17) is 0 Å². The molecule has 1 amide bonds. The highest BCUT2D eigenvalue weighted by atomic mass is 32.1. The van der Waals surface area contributed by atoms with Crippen molar-refractivity contribution in [1.82, 2.24) is 14.9 Å². The molecule has 0 saturated heterocycles. The molecule has 0 atom stereocenters. The molecule has 0 aliphatic carbocycles. The molecule has 0 unspecified atom stereocenters. The van der Waals surface area contributed by atoms with Crippen molar-refractivity contribution in [1.29, 1.82) is 0 Å². The van der Waals surface area contributed by atoms with Gasteiger partial charge in [-0.3, -0.25) is 4.79 Å². The number of nitrogens with one attached hydrogen (secondary N) is 1. The summed E-state index contributed by atoms with van der Waals surface area (Å²) in [6.45, 7) is 11.1. The minimum atomic E-state index is 0.0714. The lowest BCUT2D eigenvalue weighted by Gasteiger charge is -2.19. The Morgan fingerprint density at radius 1 is 1.35 bits per heavy atom. The number of aromatic nitrogens is 2. The van der Waals surface area contributed by atoms with Gasteiger partial charge in [0, 0.05) is 30.9 Å². The zero-order valence-electron chi connectivity index (χ0n) is 13.4. The Hall–Kier alpha value is -2.21. The van der Waals surface area contributed by atoms with Crippen molar-refractivity contribution < 1.29 is 4.79 Å². The summed E-state index contributed by atoms with van der Waals surface area (Å²) in [5, 5.41) is 4.28. The predicted molar refractivity (Wildman–Crippen MR) is 96.9 cm³/mol. The molecule has 23 heavy (non-hydrogen) atoms. The molecule has 0 saturated carbocycles. The quantitative estimate of drug-likeness (QED) is 0.717. The maximum Gasteiger partial charge on any atom is 0.224 e. The molecule has 1 N–H and O–H groups in total. The first kappa shape index (κ1) is 17.1. The molecule has 5 nitrogen and oxygen atoms in total. The van der Waals surface area contributed by atoms with E-state index in [2.05, 4.69) is 41.4 Å². The highest BCUT2D eigenvalue weighted by Gasteiger charge is 2.11. The van der Waals surface area contributed by atoms with Crippen LogP contribution in [0.3, 0.4) is 0 Å². The number of carbonyl (C=O) groups excluding carboxylic acids is 1. The fourth-order valence-corrected chi connectivity index (χ4v) is 3.19. The second kappa shape index (κ2) is 8.43. The Kier molecular flexibility index (Phi) is 6.29. The first-order valence-corrected chi connectivity index (χ1v) is 8.48. The third-order valence-corrected chi connectivity index (χ3v) is 4.60. The molecule has 2 rings (SSSR count). The second-order valence-electron chi connectivity index (χ2n) is 5.06. The molecule has 2 heterocycles. The van der Waals surface area contributed by atoms with Gasteiger partial charge in [0.15, 0.2) is 0 Å². The second-order valence-corrected chi connectivity index (χ2v) is 6.18. The largest absolute Gasteiger partial charge is 0.369 e. The van der Waals surface area contributed by atoms with Crippen molar-refractivity contribution >= 4 is 33.3 Å². The lowest BCUT2D eigenvalue weighted by atomic mass is 10.3. The maximum atomic E-state index is 12.2. The number of hydrogen-bond acceptors (Lipinski definition) is 5. The van der Waals surface area contributed by atoms with Gasteiger partial charge in [-0.25, -0.2) is 9.97 Å². The van der Waals surface area contributed by atoms with Crippen LogP contribution < -0.4 is 5.32 Å². The smallest absolute Gasteiger partial charge is 0.224 e. The van der Waals surface area contributed by atoms with Crippen LogP contribution in [0.5, 0.6) is 0 Å². The minimum absolute atomic E-state index is 0.0714. The van der Waals surface area contributed by atoms with E-state index in [0.29, 0.717) is 26.1 Å². The summed E-state index contributed by atoms with van der Waals surface area (Å²) >= 11 is 1.68. The number of anilines is 1. The third kappa shape index (κ3) is 4.39. The molecule has 0 bridgehead atoms. The van der Waals surface area contributed by atoms with Crippen molar-refractivity contribution in [3.05, 3.63) is 42.6 Å². The summed E-state index contributed by atoms with van der Waals surface area (Å²) in [5.74, 6) is 0.861. The van der Waals surface area contributed by atoms with Crippen LogP contribution >= 0.6 is 11.3 Å². The van der Waals surface area contributed by atoms with Gasteiger partial charge in [-0.15, -0.1) is 24.5 Å². The van der Waals surface area contributed by atoms with E-state index in [1.165, 1.54) is 4.88 Å². The van der Waals surface area contributed by atoms with Crippen LogP contribution in [-0.2, 0) is 11.2 Å². The van der Waals surface area contributed by atoms with Gasteiger partial charge >= 0.3 is 0 Å².